The smallest absolute Gasteiger partial charge is 0.149 e. The molecule has 90 valence electrons. The maximum Gasteiger partial charge on any atom is 0.149 e. The highest BCUT2D eigenvalue weighted by Crippen LogP contribution is 2.26. The molecule has 0 aliphatic heterocycles. The summed E-state index contributed by atoms with van der Waals surface area (Å²) in [6, 6.07) is 9.92. The van der Waals surface area contributed by atoms with E-state index in [1.807, 2.05) is 6.07 Å². The molecule has 2 aromatic carbocycles. The van der Waals surface area contributed by atoms with Gasteiger partial charge in [0, 0.05) is 5.69 Å². The molecule has 0 heterocycles. The van der Waals surface area contributed by atoms with Gasteiger partial charge < -0.3 is 5.32 Å². The van der Waals surface area contributed by atoms with E-state index in [9.17, 15) is 8.78 Å². The number of benzene rings is 2. The molecule has 0 saturated heterocycles. The quantitative estimate of drug-likeness (QED) is 0.881. The minimum absolute atomic E-state index is 0.222. The number of nitrogens with one attached hydrogen (secondary N) is 1. The van der Waals surface area contributed by atoms with Gasteiger partial charge in [0.1, 0.15) is 23.4 Å². The molecule has 0 radical (unpaired) electrons. The van der Waals surface area contributed by atoms with Crippen molar-refractivity contribution in [3.8, 4) is 6.07 Å². The summed E-state index contributed by atoms with van der Waals surface area (Å²) in [5.41, 5.74) is 0.456. The molecule has 2 aromatic rings. The molecule has 0 spiro atoms. The van der Waals surface area contributed by atoms with E-state index in [-0.39, 0.29) is 10.7 Å². The number of nitriles is 1. The third-order valence-corrected chi connectivity index (χ3v) is 2.63. The fourth-order valence-electron chi connectivity index (χ4n) is 1.45. The van der Waals surface area contributed by atoms with Crippen LogP contribution in [0.2, 0.25) is 5.02 Å². The first-order valence-corrected chi connectivity index (χ1v) is 5.40. The Morgan fingerprint density at radius 1 is 1.11 bits per heavy atom. The van der Waals surface area contributed by atoms with E-state index in [0.29, 0.717) is 11.3 Å². The van der Waals surface area contributed by atoms with Gasteiger partial charge in [-0.3, -0.25) is 0 Å². The Kier molecular flexibility index (Phi) is 3.45. The second-order valence-corrected chi connectivity index (χ2v) is 3.94. The summed E-state index contributed by atoms with van der Waals surface area (Å²) < 4.78 is 26.8. The molecule has 0 aromatic heterocycles. The van der Waals surface area contributed by atoms with Crippen molar-refractivity contribution in [1.82, 2.24) is 0 Å². The molecule has 1 N–H and O–H groups in total. The maximum absolute atomic E-state index is 13.4. The van der Waals surface area contributed by atoms with Gasteiger partial charge in [0.2, 0.25) is 0 Å². The zero-order valence-electron chi connectivity index (χ0n) is 9.05. The van der Waals surface area contributed by atoms with Crippen LogP contribution in [-0.4, -0.2) is 0 Å². The number of hydrogen-bond donors (Lipinski definition) is 1. The van der Waals surface area contributed by atoms with Crippen LogP contribution < -0.4 is 5.32 Å². The molecular formula is C13H7ClF2N2. The van der Waals surface area contributed by atoms with Crippen LogP contribution in [0.3, 0.4) is 0 Å². The van der Waals surface area contributed by atoms with Crippen LogP contribution in [0.5, 0.6) is 0 Å². The highest BCUT2D eigenvalue weighted by Gasteiger charge is 2.09. The van der Waals surface area contributed by atoms with Gasteiger partial charge in [0.05, 0.1) is 10.6 Å². The van der Waals surface area contributed by atoms with Gasteiger partial charge >= 0.3 is 0 Å². The zero-order chi connectivity index (χ0) is 13.1. The SMILES string of the molecule is N#Cc1ccc(Nc2c(F)cccc2F)cc1Cl. The highest BCUT2D eigenvalue weighted by atomic mass is 35.5. The van der Waals surface area contributed by atoms with Crippen molar-refractivity contribution in [2.24, 2.45) is 0 Å². The van der Waals surface area contributed by atoms with Crippen LogP contribution in [0, 0.1) is 23.0 Å². The van der Waals surface area contributed by atoms with Crippen molar-refractivity contribution in [3.63, 3.8) is 0 Å². The molecule has 18 heavy (non-hydrogen) atoms. The van der Waals surface area contributed by atoms with Crippen LogP contribution in [-0.2, 0) is 0 Å². The number of hydrogen-bond acceptors (Lipinski definition) is 2. The largest absolute Gasteiger partial charge is 0.351 e. The van der Waals surface area contributed by atoms with Crippen LogP contribution in [0.4, 0.5) is 20.2 Å². The monoisotopic (exact) mass is 264 g/mol. The molecule has 0 saturated carbocycles. The molecule has 0 amide bonds. The molecule has 0 bridgehead atoms. The second-order valence-electron chi connectivity index (χ2n) is 3.53. The lowest BCUT2D eigenvalue weighted by molar-refractivity contribution is 0.591. The van der Waals surface area contributed by atoms with E-state index >= 15 is 0 Å². The Hall–Kier alpha value is -2.12. The Bertz CT molecular complexity index is 615. The summed E-state index contributed by atoms with van der Waals surface area (Å²) in [7, 11) is 0. The van der Waals surface area contributed by atoms with E-state index in [1.54, 1.807) is 0 Å². The first-order valence-electron chi connectivity index (χ1n) is 5.02. The Morgan fingerprint density at radius 3 is 2.33 bits per heavy atom. The number of rotatable bonds is 2. The average molecular weight is 265 g/mol. The summed E-state index contributed by atoms with van der Waals surface area (Å²) in [4.78, 5) is 0. The van der Waals surface area contributed by atoms with Crippen molar-refractivity contribution < 1.29 is 8.78 Å². The van der Waals surface area contributed by atoms with Crippen LogP contribution >= 0.6 is 11.6 Å². The fraction of sp³-hybridized carbons (Fsp3) is 0. The third-order valence-electron chi connectivity index (χ3n) is 2.32. The Labute approximate surface area is 107 Å². The summed E-state index contributed by atoms with van der Waals surface area (Å²) in [5.74, 6) is -1.40. The molecule has 0 atom stereocenters. The lowest BCUT2D eigenvalue weighted by Gasteiger charge is -2.09. The number of halogens is 3. The third kappa shape index (κ3) is 2.41. The van der Waals surface area contributed by atoms with Crippen molar-refractivity contribution in [2.45, 2.75) is 0 Å². The minimum atomic E-state index is -0.699. The van der Waals surface area contributed by atoms with Gasteiger partial charge in [-0.15, -0.1) is 0 Å². The molecule has 5 heteroatoms. The first kappa shape index (κ1) is 12.3. The van der Waals surface area contributed by atoms with Crippen LogP contribution in [0.25, 0.3) is 0 Å². The van der Waals surface area contributed by atoms with E-state index < -0.39 is 11.6 Å². The van der Waals surface area contributed by atoms with Crippen molar-refractivity contribution in [1.29, 1.82) is 5.26 Å². The van der Waals surface area contributed by atoms with E-state index in [0.717, 1.165) is 12.1 Å². The molecule has 2 nitrogen and oxygen atoms in total. The number of anilines is 2. The van der Waals surface area contributed by atoms with Gasteiger partial charge in [-0.25, -0.2) is 8.78 Å². The molecule has 0 aliphatic rings. The first-order chi connectivity index (χ1) is 8.61. The van der Waals surface area contributed by atoms with Gasteiger partial charge in [-0.1, -0.05) is 17.7 Å². The fourth-order valence-corrected chi connectivity index (χ4v) is 1.67. The van der Waals surface area contributed by atoms with Gasteiger partial charge in [0.25, 0.3) is 0 Å². The van der Waals surface area contributed by atoms with Gasteiger partial charge in [-0.05, 0) is 30.3 Å². The van der Waals surface area contributed by atoms with Crippen LogP contribution in [0.1, 0.15) is 5.56 Å². The Balaban J connectivity index is 2.35. The highest BCUT2D eigenvalue weighted by molar-refractivity contribution is 6.32. The molecular weight excluding hydrogens is 258 g/mol. The zero-order valence-corrected chi connectivity index (χ0v) is 9.80. The summed E-state index contributed by atoms with van der Waals surface area (Å²) in [6.07, 6.45) is 0. The van der Waals surface area contributed by atoms with E-state index in [4.69, 9.17) is 16.9 Å². The van der Waals surface area contributed by atoms with E-state index in [2.05, 4.69) is 5.32 Å². The number of para-hydroxylation sites is 1. The predicted molar refractivity (Wildman–Crippen MR) is 65.8 cm³/mol. The van der Waals surface area contributed by atoms with Crippen molar-refractivity contribution in [3.05, 3.63) is 58.6 Å². The Morgan fingerprint density at radius 2 is 1.78 bits per heavy atom. The molecule has 2 rings (SSSR count). The summed E-state index contributed by atoms with van der Waals surface area (Å²) in [6.45, 7) is 0. The topological polar surface area (TPSA) is 35.8 Å². The minimum Gasteiger partial charge on any atom is -0.351 e. The normalized spacial score (nSPS) is 9.89. The lowest BCUT2D eigenvalue weighted by atomic mass is 10.2. The lowest BCUT2D eigenvalue weighted by Crippen LogP contribution is -1.97. The maximum atomic E-state index is 13.4. The predicted octanol–water partition coefficient (Wildman–Crippen LogP) is 4.23. The molecule has 0 aliphatic carbocycles. The average Bonchev–Trinajstić information content (AvgIpc) is 2.34. The summed E-state index contributed by atoms with van der Waals surface area (Å²) >= 11 is 5.83. The summed E-state index contributed by atoms with van der Waals surface area (Å²) in [5, 5.41) is 11.5. The van der Waals surface area contributed by atoms with Crippen molar-refractivity contribution in [2.75, 3.05) is 5.32 Å². The van der Waals surface area contributed by atoms with Crippen LogP contribution in [0.15, 0.2) is 36.4 Å². The second kappa shape index (κ2) is 5.03. The van der Waals surface area contributed by atoms with E-state index in [1.165, 1.54) is 24.3 Å². The van der Waals surface area contributed by atoms with Gasteiger partial charge in [-0.2, -0.15) is 5.26 Å². The van der Waals surface area contributed by atoms with Gasteiger partial charge in [0.15, 0.2) is 0 Å². The molecule has 0 unspecified atom stereocenters. The molecule has 0 fully saturated rings. The number of nitrogens with zero attached hydrogens (tertiary/aromatic N) is 1. The van der Waals surface area contributed by atoms with Crippen molar-refractivity contribution >= 4 is 23.0 Å². The standard InChI is InChI=1S/C13H7ClF2N2/c14-10-6-9(5-4-8(10)7-17)18-13-11(15)2-1-3-12(13)16/h1-6,18H.